The first-order chi connectivity index (χ1) is 28.5. The molecule has 8 rings (SSSR count). The predicted molar refractivity (Wildman–Crippen MR) is 250 cm³/mol. The number of hydrogen-bond acceptors (Lipinski definition) is 2. The third-order valence-electron chi connectivity index (χ3n) is 8.93. The minimum atomic E-state index is 0. The van der Waals surface area contributed by atoms with Gasteiger partial charge in [-0.25, -0.2) is 0 Å². The number of aryl methyl sites for hydroxylation is 8. The van der Waals surface area contributed by atoms with Gasteiger partial charge in [-0.2, -0.15) is 36.4 Å². The second kappa shape index (κ2) is 27.3. The second-order valence-electron chi connectivity index (χ2n) is 14.8. The summed E-state index contributed by atoms with van der Waals surface area (Å²) in [7, 11) is 0. The van der Waals surface area contributed by atoms with Gasteiger partial charge in [0.15, 0.2) is 0 Å². The summed E-state index contributed by atoms with van der Waals surface area (Å²) in [5, 5.41) is 0. The molecule has 2 nitrogen and oxygen atoms in total. The largest absolute Gasteiger partial charge is 0.483 e. The fourth-order valence-electron chi connectivity index (χ4n) is 5.46. The Morgan fingerprint density at radius 2 is 0.550 bits per heavy atom. The van der Waals surface area contributed by atoms with Crippen LogP contribution in [0.2, 0.25) is 0 Å². The van der Waals surface area contributed by atoms with Crippen molar-refractivity contribution < 1.29 is 42.2 Å². The van der Waals surface area contributed by atoms with E-state index in [0.717, 1.165) is 29.4 Å². The van der Waals surface area contributed by atoms with E-state index in [0.29, 0.717) is 0 Å². The molecule has 1 radical (unpaired) electrons. The van der Waals surface area contributed by atoms with Crippen LogP contribution in [0.3, 0.4) is 0 Å². The van der Waals surface area contributed by atoms with Crippen molar-refractivity contribution in [3.8, 4) is 23.0 Å². The monoisotopic (exact) mass is 863 g/mol. The Balaban J connectivity index is 0.000000204. The van der Waals surface area contributed by atoms with Gasteiger partial charge in [0.2, 0.25) is 0 Å². The van der Waals surface area contributed by atoms with Crippen LogP contribution >= 0.6 is 0 Å². The Kier molecular flexibility index (Phi) is 22.2. The third kappa shape index (κ3) is 20.4. The van der Waals surface area contributed by atoms with Crippen LogP contribution in [-0.4, -0.2) is 0 Å². The van der Waals surface area contributed by atoms with Crippen LogP contribution in [0.1, 0.15) is 55.6 Å². The van der Waals surface area contributed by atoms with E-state index in [9.17, 15) is 0 Å². The number of ether oxygens (including phenoxy) is 2. The quantitative estimate of drug-likeness (QED) is 0.155. The van der Waals surface area contributed by atoms with E-state index in [-0.39, 0.29) is 32.7 Å². The van der Waals surface area contributed by atoms with Crippen LogP contribution in [0.15, 0.2) is 194 Å². The second-order valence-corrected chi connectivity index (χ2v) is 14.8. The summed E-state index contributed by atoms with van der Waals surface area (Å²) in [5.74, 6) is 3.41. The molecule has 0 N–H and O–H groups in total. The Morgan fingerprint density at radius 3 is 0.817 bits per heavy atom. The van der Waals surface area contributed by atoms with Crippen LogP contribution in [0.5, 0.6) is 23.0 Å². The number of benzene rings is 8. The van der Waals surface area contributed by atoms with E-state index in [1.807, 2.05) is 97.1 Å². The first-order valence-corrected chi connectivity index (χ1v) is 20.1. The molecule has 8 aromatic rings. The average Bonchev–Trinajstić information content (AvgIpc) is 3.24. The number of rotatable bonds is 6. The summed E-state index contributed by atoms with van der Waals surface area (Å²) in [6.07, 6.45) is 1.03. The van der Waals surface area contributed by atoms with Crippen molar-refractivity contribution in [3.63, 3.8) is 0 Å². The van der Waals surface area contributed by atoms with Gasteiger partial charge in [-0.3, -0.25) is 0 Å². The topological polar surface area (TPSA) is 18.5 Å². The molecule has 3 heteroatoms. The normalized spacial score (nSPS) is 9.60. The van der Waals surface area contributed by atoms with Gasteiger partial charge in [0.1, 0.15) is 11.5 Å². The van der Waals surface area contributed by atoms with Gasteiger partial charge in [-0.05, 0) is 97.2 Å². The van der Waals surface area contributed by atoms with Gasteiger partial charge >= 0.3 is 0 Å². The summed E-state index contributed by atoms with van der Waals surface area (Å²) in [5.41, 5.74) is 13.2. The van der Waals surface area contributed by atoms with Crippen molar-refractivity contribution in [2.75, 3.05) is 0 Å². The van der Waals surface area contributed by atoms with Gasteiger partial charge in [-0.15, -0.1) is 24.3 Å². The van der Waals surface area contributed by atoms with Crippen molar-refractivity contribution in [3.05, 3.63) is 262 Å². The van der Waals surface area contributed by atoms with Crippen molar-refractivity contribution in [2.24, 2.45) is 0 Å². The Hall–Kier alpha value is -5.54. The summed E-state index contributed by atoms with van der Waals surface area (Å²) in [6.45, 7) is 16.8. The van der Waals surface area contributed by atoms with Gasteiger partial charge in [0.25, 0.3) is 0 Å². The minimum absolute atomic E-state index is 0. The summed E-state index contributed by atoms with van der Waals surface area (Å²) >= 11 is 0. The molecule has 303 valence electrons. The molecule has 0 aliphatic rings. The summed E-state index contributed by atoms with van der Waals surface area (Å²) < 4.78 is 11.2. The number of hydrogen-bond donors (Lipinski definition) is 0. The molecule has 0 atom stereocenters. The van der Waals surface area contributed by atoms with Crippen molar-refractivity contribution >= 4 is 0 Å². The zero-order valence-corrected chi connectivity index (χ0v) is 39.4. The first kappa shape index (κ1) is 48.8. The molecule has 0 unspecified atom stereocenters. The van der Waals surface area contributed by atoms with Crippen LogP contribution in [-0.2, 0) is 39.1 Å². The molecule has 0 spiro atoms. The van der Waals surface area contributed by atoms with Crippen molar-refractivity contribution in [1.29, 1.82) is 0 Å². The van der Waals surface area contributed by atoms with E-state index in [4.69, 9.17) is 9.47 Å². The Bertz CT molecular complexity index is 2150. The predicted octanol–water partition coefficient (Wildman–Crippen LogP) is 15.7. The standard InChI is InChI=1S/C15H16.2C13H11O.2C8H10.Y/c1-12-3-7-14(8-4-12)11-15-9-5-13(2)6-10-15;2*1-11-7-9-13(10-8-11)14-12-5-3-2-4-6-12;1-7-3-5-8(2)6-4-7;1-7-4-3-5-8(2)6-7;/h3-10H,11H2,1-2H3;2*3-10H,1H3;2*3-6H,1-2H3;/q;2*-1;;;. The van der Waals surface area contributed by atoms with Crippen molar-refractivity contribution in [2.45, 2.75) is 61.8 Å². The fourth-order valence-corrected chi connectivity index (χ4v) is 5.46. The van der Waals surface area contributed by atoms with Crippen LogP contribution in [0, 0.1) is 67.5 Å². The smallest absolute Gasteiger partial charge is 0.124 e. The molecule has 0 amide bonds. The van der Waals surface area contributed by atoms with E-state index in [1.165, 1.54) is 55.6 Å². The molecule has 8 aromatic carbocycles. The first-order valence-electron chi connectivity index (χ1n) is 20.1. The van der Waals surface area contributed by atoms with Gasteiger partial charge in [0, 0.05) is 44.2 Å². The van der Waals surface area contributed by atoms with E-state index in [1.54, 1.807) is 0 Å². The molecular formula is C57H58O2Y-2. The molecule has 0 saturated heterocycles. The van der Waals surface area contributed by atoms with Gasteiger partial charge in [-0.1, -0.05) is 166 Å². The van der Waals surface area contributed by atoms with Crippen LogP contribution < -0.4 is 9.47 Å². The SMILES string of the molecule is Cc1ccc(C)cc1.Cc1ccc(Cc2ccc(C)cc2)cc1.Cc1ccc(Oc2cc[c-]cc2)cc1.Cc1ccc(Oc2cc[c-]cc2)cc1.Cc1cccc(C)c1.[Y]. The molecule has 0 bridgehead atoms. The molecule has 0 fully saturated rings. The molecule has 60 heavy (non-hydrogen) atoms. The fraction of sp³-hybridized carbons (Fsp3) is 0.158. The van der Waals surface area contributed by atoms with E-state index in [2.05, 4.69) is 165 Å². The minimum Gasteiger partial charge on any atom is -0.483 e. The van der Waals surface area contributed by atoms with E-state index >= 15 is 0 Å². The maximum absolute atomic E-state index is 5.61. The average molecular weight is 864 g/mol. The zero-order valence-electron chi connectivity index (χ0n) is 36.6. The molecule has 0 heterocycles. The maximum Gasteiger partial charge on any atom is 0.124 e. The van der Waals surface area contributed by atoms with Gasteiger partial charge < -0.3 is 9.47 Å². The molecule has 0 aromatic heterocycles. The van der Waals surface area contributed by atoms with Crippen LogP contribution in [0.25, 0.3) is 0 Å². The van der Waals surface area contributed by atoms with Crippen molar-refractivity contribution in [1.82, 2.24) is 0 Å². The third-order valence-corrected chi connectivity index (χ3v) is 8.93. The van der Waals surface area contributed by atoms with E-state index < -0.39 is 0 Å². The maximum atomic E-state index is 5.61. The molecule has 0 aliphatic heterocycles. The zero-order chi connectivity index (χ0) is 42.2. The molecule has 0 saturated carbocycles. The summed E-state index contributed by atoms with van der Waals surface area (Å²) in [4.78, 5) is 0. The Morgan fingerprint density at radius 1 is 0.300 bits per heavy atom. The summed E-state index contributed by atoms with van der Waals surface area (Å²) in [6, 6.07) is 71.2. The van der Waals surface area contributed by atoms with Crippen LogP contribution in [0.4, 0.5) is 0 Å². The van der Waals surface area contributed by atoms with Gasteiger partial charge in [0.05, 0.1) is 0 Å². The Labute approximate surface area is 386 Å². The molecule has 0 aliphatic carbocycles. The molecular weight excluding hydrogens is 806 g/mol.